The third kappa shape index (κ3) is 1.26. The Bertz CT molecular complexity index is 154. The lowest BCUT2D eigenvalue weighted by atomic mass is 10.2. The van der Waals surface area contributed by atoms with E-state index in [0.717, 1.165) is 0 Å². The second-order valence-corrected chi connectivity index (χ2v) is 1.96. The Balaban J connectivity index is 2.50. The van der Waals surface area contributed by atoms with E-state index in [-0.39, 0.29) is 6.42 Å². The van der Waals surface area contributed by atoms with Crippen LogP contribution in [-0.2, 0) is 4.79 Å². The van der Waals surface area contributed by atoms with Gasteiger partial charge in [-0.2, -0.15) is 0 Å². The van der Waals surface area contributed by atoms with E-state index in [1.165, 1.54) is 6.21 Å². The fourth-order valence-electron chi connectivity index (χ4n) is 0.718. The first-order valence-corrected chi connectivity index (χ1v) is 2.64. The van der Waals surface area contributed by atoms with Crippen LogP contribution in [0.3, 0.4) is 0 Å². The molecule has 1 unspecified atom stereocenters. The molecule has 0 amide bonds. The predicted octanol–water partition coefficient (Wildman–Crippen LogP) is -0.725. The van der Waals surface area contributed by atoms with Crippen LogP contribution in [0.4, 0.5) is 0 Å². The fourth-order valence-corrected chi connectivity index (χ4v) is 0.718. The van der Waals surface area contributed by atoms with Gasteiger partial charge in [-0.3, -0.25) is 4.99 Å². The number of hydrogen-bond acceptors (Lipinski definition) is 3. The number of rotatable bonds is 1. The number of aliphatic carboxylic acids is 1. The molecule has 0 aliphatic carbocycles. The van der Waals surface area contributed by atoms with Crippen LogP contribution < -0.4 is 0 Å². The highest BCUT2D eigenvalue weighted by Crippen LogP contribution is 2.08. The minimum absolute atomic E-state index is 0.218. The molecule has 0 aromatic carbocycles. The summed E-state index contributed by atoms with van der Waals surface area (Å²) in [6, 6.07) is -0.722. The maximum absolute atomic E-state index is 10.1. The molecular weight excluding hydrogens is 122 g/mol. The van der Waals surface area contributed by atoms with Crippen molar-refractivity contribution in [3.05, 3.63) is 0 Å². The quantitative estimate of drug-likeness (QED) is 0.490. The number of carboxylic acid groups (broad SMARTS) is 1. The smallest absolute Gasteiger partial charge is 0.328 e. The summed E-state index contributed by atoms with van der Waals surface area (Å²) in [6.07, 6.45) is 0.819. The predicted molar refractivity (Wildman–Crippen MR) is 30.5 cm³/mol. The van der Waals surface area contributed by atoms with Crippen molar-refractivity contribution in [3.63, 3.8) is 0 Å². The Morgan fingerprint density at radius 2 is 2.44 bits per heavy atom. The van der Waals surface area contributed by atoms with Crippen LogP contribution in [0.2, 0.25) is 0 Å². The summed E-state index contributed by atoms with van der Waals surface area (Å²) in [6.45, 7) is 0. The molecule has 0 aromatic rings. The van der Waals surface area contributed by atoms with Crippen molar-refractivity contribution >= 4 is 12.2 Å². The first-order chi connectivity index (χ1) is 4.20. The molecule has 2 atom stereocenters. The van der Waals surface area contributed by atoms with Crippen molar-refractivity contribution in [1.29, 1.82) is 0 Å². The number of carbonyl (C=O) groups is 1. The van der Waals surface area contributed by atoms with E-state index < -0.39 is 18.1 Å². The van der Waals surface area contributed by atoms with Crippen LogP contribution in [0, 0.1) is 0 Å². The average molecular weight is 129 g/mol. The highest BCUT2D eigenvalue weighted by Gasteiger charge is 2.23. The van der Waals surface area contributed by atoms with Crippen molar-refractivity contribution in [2.24, 2.45) is 4.99 Å². The van der Waals surface area contributed by atoms with Crippen molar-refractivity contribution in [1.82, 2.24) is 0 Å². The van der Waals surface area contributed by atoms with E-state index in [0.29, 0.717) is 0 Å². The van der Waals surface area contributed by atoms with Crippen LogP contribution in [0.5, 0.6) is 0 Å². The Morgan fingerprint density at radius 3 is 2.67 bits per heavy atom. The Hall–Kier alpha value is -0.900. The molecule has 1 rings (SSSR count). The van der Waals surface area contributed by atoms with Gasteiger partial charge in [0, 0.05) is 12.6 Å². The van der Waals surface area contributed by atoms with Crippen LogP contribution in [0.15, 0.2) is 4.99 Å². The van der Waals surface area contributed by atoms with Gasteiger partial charge in [0.1, 0.15) is 6.04 Å². The van der Waals surface area contributed by atoms with E-state index in [2.05, 4.69) is 4.99 Å². The lowest BCUT2D eigenvalue weighted by Crippen LogP contribution is -2.17. The summed E-state index contributed by atoms with van der Waals surface area (Å²) in [4.78, 5) is 13.7. The number of carboxylic acids is 1. The van der Waals surface area contributed by atoms with Gasteiger partial charge < -0.3 is 10.2 Å². The molecule has 1 aliphatic heterocycles. The molecule has 50 valence electrons. The lowest BCUT2D eigenvalue weighted by Gasteiger charge is -1.98. The van der Waals surface area contributed by atoms with Crippen LogP contribution in [-0.4, -0.2) is 34.5 Å². The molecule has 0 saturated carbocycles. The van der Waals surface area contributed by atoms with Gasteiger partial charge in [-0.25, -0.2) is 4.79 Å². The minimum Gasteiger partial charge on any atom is -0.480 e. The van der Waals surface area contributed by atoms with Crippen LogP contribution >= 0.6 is 0 Å². The first-order valence-electron chi connectivity index (χ1n) is 2.64. The van der Waals surface area contributed by atoms with Gasteiger partial charge in [0.2, 0.25) is 0 Å². The van der Waals surface area contributed by atoms with Gasteiger partial charge >= 0.3 is 5.97 Å². The second kappa shape index (κ2) is 2.14. The van der Waals surface area contributed by atoms with Gasteiger partial charge in [0.25, 0.3) is 0 Å². The van der Waals surface area contributed by atoms with Gasteiger partial charge in [0.05, 0.1) is 6.10 Å². The zero-order valence-electron chi connectivity index (χ0n) is 4.69. The highest BCUT2D eigenvalue weighted by atomic mass is 16.4. The van der Waals surface area contributed by atoms with Crippen molar-refractivity contribution < 1.29 is 15.0 Å². The zero-order valence-corrected chi connectivity index (χ0v) is 4.69. The summed E-state index contributed by atoms with van der Waals surface area (Å²) in [5.41, 5.74) is 0. The van der Waals surface area contributed by atoms with Gasteiger partial charge in [-0.05, 0) is 0 Å². The van der Waals surface area contributed by atoms with Gasteiger partial charge in [-0.1, -0.05) is 0 Å². The largest absolute Gasteiger partial charge is 0.480 e. The SMILES string of the molecule is O=C(O)C1C[C@@H](O)C=N1. The minimum atomic E-state index is -0.970. The summed E-state index contributed by atoms with van der Waals surface area (Å²) >= 11 is 0. The molecule has 1 aliphatic rings. The third-order valence-corrected chi connectivity index (χ3v) is 1.19. The van der Waals surface area contributed by atoms with E-state index in [4.69, 9.17) is 10.2 Å². The van der Waals surface area contributed by atoms with Crippen molar-refractivity contribution in [3.8, 4) is 0 Å². The molecule has 0 fully saturated rings. The molecule has 4 nitrogen and oxygen atoms in total. The zero-order chi connectivity index (χ0) is 6.85. The monoisotopic (exact) mass is 129 g/mol. The first kappa shape index (κ1) is 6.22. The maximum Gasteiger partial charge on any atom is 0.328 e. The molecular formula is C5H7NO3. The molecule has 0 bridgehead atoms. The van der Waals surface area contributed by atoms with E-state index >= 15 is 0 Å². The molecule has 0 aromatic heterocycles. The number of aliphatic hydroxyl groups excluding tert-OH is 1. The Labute approximate surface area is 51.8 Å². The molecule has 0 radical (unpaired) electrons. The Kier molecular flexibility index (Phi) is 1.48. The number of aliphatic hydroxyl groups is 1. The van der Waals surface area contributed by atoms with E-state index in [1.807, 2.05) is 0 Å². The van der Waals surface area contributed by atoms with Crippen LogP contribution in [0.1, 0.15) is 6.42 Å². The average Bonchev–Trinajstić information content (AvgIpc) is 2.14. The number of hydrogen-bond donors (Lipinski definition) is 2. The van der Waals surface area contributed by atoms with E-state index in [9.17, 15) is 4.79 Å². The highest BCUT2D eigenvalue weighted by molar-refractivity contribution is 5.80. The molecule has 9 heavy (non-hydrogen) atoms. The third-order valence-electron chi connectivity index (χ3n) is 1.19. The topological polar surface area (TPSA) is 69.9 Å². The van der Waals surface area contributed by atoms with Crippen molar-refractivity contribution in [2.45, 2.75) is 18.6 Å². The number of nitrogens with zero attached hydrogens (tertiary/aromatic N) is 1. The van der Waals surface area contributed by atoms with Crippen molar-refractivity contribution in [2.75, 3.05) is 0 Å². The second-order valence-electron chi connectivity index (χ2n) is 1.96. The lowest BCUT2D eigenvalue weighted by molar-refractivity contribution is -0.138. The number of aliphatic imine (C=N–C) groups is 1. The standard InChI is InChI=1S/C5H7NO3/c7-3-1-4(5(8)9)6-2-3/h2-4,7H,1H2,(H,8,9)/t3-,4?/m1/s1. The van der Waals surface area contributed by atoms with Crippen LogP contribution in [0.25, 0.3) is 0 Å². The molecule has 1 heterocycles. The van der Waals surface area contributed by atoms with Gasteiger partial charge in [-0.15, -0.1) is 0 Å². The maximum atomic E-state index is 10.1. The Morgan fingerprint density at radius 1 is 1.78 bits per heavy atom. The fraction of sp³-hybridized carbons (Fsp3) is 0.600. The van der Waals surface area contributed by atoms with E-state index in [1.54, 1.807) is 0 Å². The summed E-state index contributed by atoms with van der Waals surface area (Å²) in [5, 5.41) is 17.0. The summed E-state index contributed by atoms with van der Waals surface area (Å²) < 4.78 is 0. The molecule has 0 spiro atoms. The summed E-state index contributed by atoms with van der Waals surface area (Å²) in [7, 11) is 0. The summed E-state index contributed by atoms with van der Waals surface area (Å²) in [5.74, 6) is -0.970. The van der Waals surface area contributed by atoms with Gasteiger partial charge in [0.15, 0.2) is 0 Å². The molecule has 4 heteroatoms. The normalized spacial score (nSPS) is 33.0. The molecule has 0 saturated heterocycles. The molecule has 2 N–H and O–H groups in total.